The molecule has 0 aromatic carbocycles. The van der Waals surface area contributed by atoms with Gasteiger partial charge in [0.05, 0.1) is 17.6 Å². The molecule has 1 aliphatic heterocycles. The molecule has 7 heteroatoms. The van der Waals surface area contributed by atoms with E-state index in [-0.39, 0.29) is 11.3 Å². The van der Waals surface area contributed by atoms with E-state index in [1.165, 1.54) is 0 Å². The molecule has 6 nitrogen and oxygen atoms in total. The van der Waals surface area contributed by atoms with Gasteiger partial charge in [0.1, 0.15) is 0 Å². The first kappa shape index (κ1) is 16.0. The second-order valence-corrected chi connectivity index (χ2v) is 5.41. The van der Waals surface area contributed by atoms with Crippen LogP contribution in [-0.4, -0.2) is 54.6 Å². The van der Waals surface area contributed by atoms with Gasteiger partial charge in [-0.3, -0.25) is 10.1 Å². The summed E-state index contributed by atoms with van der Waals surface area (Å²) in [4.78, 5) is 14.0. The zero-order chi connectivity index (χ0) is 14.6. The molecule has 110 valence electrons. The van der Waals surface area contributed by atoms with Gasteiger partial charge in [0, 0.05) is 33.1 Å². The van der Waals surface area contributed by atoms with E-state index in [0.29, 0.717) is 24.9 Å². The zero-order valence-corrected chi connectivity index (χ0v) is 12.7. The van der Waals surface area contributed by atoms with Crippen molar-refractivity contribution in [1.29, 1.82) is 0 Å². The van der Waals surface area contributed by atoms with Crippen LogP contribution in [-0.2, 0) is 4.74 Å². The minimum Gasteiger partial charge on any atom is -0.378 e. The van der Waals surface area contributed by atoms with Gasteiger partial charge in [-0.1, -0.05) is 0 Å². The van der Waals surface area contributed by atoms with E-state index in [1.54, 1.807) is 19.0 Å². The molecule has 2 atom stereocenters. The van der Waals surface area contributed by atoms with Crippen LogP contribution in [0.4, 0.5) is 0 Å². The van der Waals surface area contributed by atoms with Crippen LogP contribution in [0, 0.1) is 16.0 Å². The Labute approximate surface area is 119 Å². The molecular formula is C12H22ClN3O3. The van der Waals surface area contributed by atoms with Gasteiger partial charge in [-0.05, 0) is 31.9 Å². The molecule has 1 saturated heterocycles. The minimum absolute atomic E-state index is 0.265. The lowest BCUT2D eigenvalue weighted by Gasteiger charge is -2.31. The molecule has 19 heavy (non-hydrogen) atoms. The summed E-state index contributed by atoms with van der Waals surface area (Å²) in [6.07, 6.45) is 1.24. The zero-order valence-electron chi connectivity index (χ0n) is 11.9. The SMILES string of the molecule is CCN(CC1COC(C)C1)C(=C(Cl)[N+](=O)[O-])N(C)C. The fraction of sp³-hybridized carbons (Fsp3) is 0.833. The van der Waals surface area contributed by atoms with Crippen molar-refractivity contribution in [3.05, 3.63) is 21.1 Å². The van der Waals surface area contributed by atoms with E-state index in [1.807, 2.05) is 18.7 Å². The Morgan fingerprint density at radius 2 is 2.16 bits per heavy atom. The number of ether oxygens (including phenoxy) is 1. The number of hydrogen-bond donors (Lipinski definition) is 0. The minimum atomic E-state index is -0.548. The van der Waals surface area contributed by atoms with E-state index < -0.39 is 4.92 Å². The molecule has 0 amide bonds. The molecular weight excluding hydrogens is 270 g/mol. The van der Waals surface area contributed by atoms with Crippen molar-refractivity contribution >= 4 is 11.6 Å². The number of nitro groups is 1. The van der Waals surface area contributed by atoms with Crippen LogP contribution in [0.5, 0.6) is 0 Å². The molecule has 0 radical (unpaired) electrons. The summed E-state index contributed by atoms with van der Waals surface area (Å²) in [6.45, 7) is 6.10. The number of nitrogens with zero attached hydrogens (tertiary/aromatic N) is 3. The fourth-order valence-corrected chi connectivity index (χ4v) is 2.68. The number of halogens is 1. The van der Waals surface area contributed by atoms with Crippen molar-refractivity contribution in [3.8, 4) is 0 Å². The highest BCUT2D eigenvalue weighted by Gasteiger charge is 2.28. The molecule has 1 aliphatic rings. The molecule has 0 spiro atoms. The van der Waals surface area contributed by atoms with Gasteiger partial charge in [0.15, 0.2) is 5.82 Å². The lowest BCUT2D eigenvalue weighted by Crippen LogP contribution is -2.36. The Bertz CT molecular complexity index is 360. The topological polar surface area (TPSA) is 58.9 Å². The normalized spacial score (nSPS) is 24.1. The third-order valence-corrected chi connectivity index (χ3v) is 3.52. The smallest absolute Gasteiger partial charge is 0.377 e. The maximum atomic E-state index is 10.9. The van der Waals surface area contributed by atoms with Crippen LogP contribution >= 0.6 is 11.6 Å². The monoisotopic (exact) mass is 291 g/mol. The molecule has 1 rings (SSSR count). The Hall–Kier alpha value is -1.01. The third-order valence-electron chi connectivity index (χ3n) is 3.21. The highest BCUT2D eigenvalue weighted by molar-refractivity contribution is 6.28. The van der Waals surface area contributed by atoms with Crippen LogP contribution in [0.1, 0.15) is 20.3 Å². The maximum absolute atomic E-state index is 10.9. The van der Waals surface area contributed by atoms with Crippen LogP contribution < -0.4 is 0 Å². The Kier molecular flexibility index (Phi) is 5.87. The Morgan fingerprint density at radius 3 is 2.53 bits per heavy atom. The maximum Gasteiger partial charge on any atom is 0.377 e. The first-order chi connectivity index (χ1) is 8.86. The molecule has 2 unspecified atom stereocenters. The highest BCUT2D eigenvalue weighted by Crippen LogP contribution is 2.24. The summed E-state index contributed by atoms with van der Waals surface area (Å²) in [5, 5.41) is 10.6. The Morgan fingerprint density at radius 1 is 1.53 bits per heavy atom. The van der Waals surface area contributed by atoms with E-state index >= 15 is 0 Å². The third kappa shape index (κ3) is 4.24. The van der Waals surface area contributed by atoms with Gasteiger partial charge < -0.3 is 14.5 Å². The van der Waals surface area contributed by atoms with Gasteiger partial charge in [-0.25, -0.2) is 0 Å². The van der Waals surface area contributed by atoms with E-state index in [9.17, 15) is 10.1 Å². The Balaban J connectivity index is 2.86. The van der Waals surface area contributed by atoms with Gasteiger partial charge >= 0.3 is 5.16 Å². The summed E-state index contributed by atoms with van der Waals surface area (Å²) >= 11 is 5.83. The summed E-state index contributed by atoms with van der Waals surface area (Å²) in [5.41, 5.74) is 0. The number of rotatable bonds is 6. The molecule has 0 saturated carbocycles. The summed E-state index contributed by atoms with van der Waals surface area (Å²) in [6, 6.07) is 0. The van der Waals surface area contributed by atoms with E-state index in [4.69, 9.17) is 16.3 Å². The van der Waals surface area contributed by atoms with E-state index in [0.717, 1.165) is 13.0 Å². The standard InChI is InChI=1S/C12H22ClN3O3/c1-5-15(7-10-6-9(2)19-8-10)12(14(3)4)11(13)16(17)18/h9-10H,5-8H2,1-4H3. The lowest BCUT2D eigenvalue weighted by atomic mass is 10.1. The number of hydrogen-bond acceptors (Lipinski definition) is 5. The second kappa shape index (κ2) is 6.96. The van der Waals surface area contributed by atoms with Crippen molar-refractivity contribution in [2.45, 2.75) is 26.4 Å². The highest BCUT2D eigenvalue weighted by atomic mass is 35.5. The fourth-order valence-electron chi connectivity index (χ4n) is 2.39. The molecule has 0 aromatic heterocycles. The van der Waals surface area contributed by atoms with Crippen LogP contribution in [0.15, 0.2) is 11.0 Å². The van der Waals surface area contributed by atoms with Gasteiger partial charge in [-0.2, -0.15) is 0 Å². The lowest BCUT2D eigenvalue weighted by molar-refractivity contribution is -0.415. The molecule has 0 N–H and O–H groups in total. The molecule has 0 aromatic rings. The second-order valence-electron chi connectivity index (χ2n) is 5.05. The summed E-state index contributed by atoms with van der Waals surface area (Å²) in [5.74, 6) is 0.842. The van der Waals surface area contributed by atoms with Crippen molar-refractivity contribution in [2.75, 3.05) is 33.8 Å². The summed E-state index contributed by atoms with van der Waals surface area (Å²) < 4.78 is 5.54. The molecule has 1 fully saturated rings. The van der Waals surface area contributed by atoms with Crippen molar-refractivity contribution in [2.24, 2.45) is 5.92 Å². The predicted octanol–water partition coefficient (Wildman–Crippen LogP) is 1.94. The molecule has 1 heterocycles. The van der Waals surface area contributed by atoms with Crippen molar-refractivity contribution in [1.82, 2.24) is 9.80 Å². The first-order valence-electron chi connectivity index (χ1n) is 6.44. The van der Waals surface area contributed by atoms with Crippen molar-refractivity contribution < 1.29 is 9.66 Å². The molecule has 0 aliphatic carbocycles. The summed E-state index contributed by atoms with van der Waals surface area (Å²) in [7, 11) is 3.52. The van der Waals surface area contributed by atoms with Crippen LogP contribution in [0.3, 0.4) is 0 Å². The predicted molar refractivity (Wildman–Crippen MR) is 74.3 cm³/mol. The van der Waals surface area contributed by atoms with Crippen LogP contribution in [0.25, 0.3) is 0 Å². The van der Waals surface area contributed by atoms with Gasteiger partial charge in [0.2, 0.25) is 0 Å². The average molecular weight is 292 g/mol. The first-order valence-corrected chi connectivity index (χ1v) is 6.82. The quantitative estimate of drug-likeness (QED) is 0.425. The van der Waals surface area contributed by atoms with Gasteiger partial charge in [0.25, 0.3) is 0 Å². The largest absolute Gasteiger partial charge is 0.378 e. The average Bonchev–Trinajstić information content (AvgIpc) is 2.73. The van der Waals surface area contributed by atoms with Crippen molar-refractivity contribution in [3.63, 3.8) is 0 Å². The van der Waals surface area contributed by atoms with Gasteiger partial charge in [-0.15, -0.1) is 0 Å². The van der Waals surface area contributed by atoms with E-state index in [2.05, 4.69) is 0 Å². The van der Waals surface area contributed by atoms with Crippen LogP contribution in [0.2, 0.25) is 0 Å². The molecule has 0 bridgehead atoms.